The van der Waals surface area contributed by atoms with Gasteiger partial charge in [0.1, 0.15) is 4.90 Å². The molecule has 1 aromatic rings. The number of hydrogen-bond acceptors (Lipinski definition) is 2. The van der Waals surface area contributed by atoms with Gasteiger partial charge in [-0.3, -0.25) is 0 Å². The fraction of sp³-hybridized carbons (Fsp3) is 0.455. The van der Waals surface area contributed by atoms with Crippen LogP contribution in [-0.2, 0) is 10.0 Å². The summed E-state index contributed by atoms with van der Waals surface area (Å²) < 4.78 is 26.4. The van der Waals surface area contributed by atoms with Crippen LogP contribution < -0.4 is 4.72 Å². The van der Waals surface area contributed by atoms with Gasteiger partial charge in [-0.25, -0.2) is 13.1 Å². The molecule has 0 fully saturated rings. The molecule has 16 heavy (non-hydrogen) atoms. The second-order valence-electron chi connectivity index (χ2n) is 3.86. The summed E-state index contributed by atoms with van der Waals surface area (Å²) in [4.78, 5) is 0.139. The molecule has 5 heteroatoms. The van der Waals surface area contributed by atoms with E-state index >= 15 is 0 Å². The van der Waals surface area contributed by atoms with E-state index in [0.717, 1.165) is 12.0 Å². The average Bonchev–Trinajstić information content (AvgIpc) is 2.16. The van der Waals surface area contributed by atoms with Gasteiger partial charge < -0.3 is 0 Å². The zero-order valence-corrected chi connectivity index (χ0v) is 11.2. The van der Waals surface area contributed by atoms with E-state index in [2.05, 4.69) is 4.72 Å². The third kappa shape index (κ3) is 3.20. The molecule has 0 saturated heterocycles. The summed E-state index contributed by atoms with van der Waals surface area (Å²) in [7, 11) is -3.50. The molecule has 0 aliphatic heterocycles. The first-order chi connectivity index (χ1) is 7.36. The largest absolute Gasteiger partial charge is 0.242 e. The Morgan fingerprint density at radius 1 is 1.44 bits per heavy atom. The number of benzene rings is 1. The Labute approximate surface area is 102 Å². The van der Waals surface area contributed by atoms with E-state index in [4.69, 9.17) is 11.6 Å². The van der Waals surface area contributed by atoms with Gasteiger partial charge in [0.25, 0.3) is 0 Å². The number of nitrogens with one attached hydrogen (secondary N) is 1. The summed E-state index contributed by atoms with van der Waals surface area (Å²) in [6.45, 7) is 5.61. The summed E-state index contributed by atoms with van der Waals surface area (Å²) in [6, 6.07) is 4.81. The first-order valence-electron chi connectivity index (χ1n) is 5.15. The van der Waals surface area contributed by atoms with E-state index in [1.54, 1.807) is 12.1 Å². The zero-order chi connectivity index (χ0) is 12.3. The minimum absolute atomic E-state index is 0.0950. The molecular formula is C11H16ClNO2S. The lowest BCUT2D eigenvalue weighted by atomic mass is 10.2. The highest BCUT2D eigenvalue weighted by molar-refractivity contribution is 7.89. The molecule has 3 nitrogen and oxygen atoms in total. The van der Waals surface area contributed by atoms with Gasteiger partial charge in [0.05, 0.1) is 5.02 Å². The quantitative estimate of drug-likeness (QED) is 0.906. The molecule has 0 aliphatic carbocycles. The summed E-state index contributed by atoms with van der Waals surface area (Å²) in [5.41, 5.74) is 0.937. The van der Waals surface area contributed by atoms with Crippen molar-refractivity contribution in [3.8, 4) is 0 Å². The highest BCUT2D eigenvalue weighted by Crippen LogP contribution is 2.22. The molecule has 0 amide bonds. The van der Waals surface area contributed by atoms with Crippen molar-refractivity contribution in [2.45, 2.75) is 38.1 Å². The van der Waals surface area contributed by atoms with E-state index in [0.29, 0.717) is 0 Å². The summed E-state index contributed by atoms with van der Waals surface area (Å²) >= 11 is 5.92. The zero-order valence-electron chi connectivity index (χ0n) is 9.62. The lowest BCUT2D eigenvalue weighted by Crippen LogP contribution is -2.32. The molecule has 1 N–H and O–H groups in total. The van der Waals surface area contributed by atoms with E-state index in [1.807, 2.05) is 20.8 Å². The smallest absolute Gasteiger partial charge is 0.208 e. The van der Waals surface area contributed by atoms with Crippen molar-refractivity contribution in [3.05, 3.63) is 28.8 Å². The Morgan fingerprint density at radius 2 is 2.06 bits per heavy atom. The van der Waals surface area contributed by atoms with Gasteiger partial charge in [0.2, 0.25) is 10.0 Å². The minimum atomic E-state index is -3.50. The van der Waals surface area contributed by atoms with Gasteiger partial charge in [-0.15, -0.1) is 0 Å². The Balaban J connectivity index is 3.08. The van der Waals surface area contributed by atoms with Gasteiger partial charge in [-0.1, -0.05) is 24.6 Å². The van der Waals surface area contributed by atoms with Crippen LogP contribution in [0.4, 0.5) is 0 Å². The van der Waals surface area contributed by atoms with Crippen LogP contribution in [0.1, 0.15) is 25.8 Å². The van der Waals surface area contributed by atoms with Crippen LogP contribution in [0.3, 0.4) is 0 Å². The lowest BCUT2D eigenvalue weighted by Gasteiger charge is -2.13. The molecule has 90 valence electrons. The van der Waals surface area contributed by atoms with Crippen LogP contribution in [0.5, 0.6) is 0 Å². The molecule has 0 radical (unpaired) electrons. The van der Waals surface area contributed by atoms with E-state index < -0.39 is 10.0 Å². The predicted octanol–water partition coefficient (Wildman–Crippen LogP) is 2.73. The Bertz CT molecular complexity index is 471. The fourth-order valence-corrected chi connectivity index (χ4v) is 3.16. The molecule has 0 saturated carbocycles. The van der Waals surface area contributed by atoms with E-state index in [-0.39, 0.29) is 16.0 Å². The number of hydrogen-bond donors (Lipinski definition) is 1. The van der Waals surface area contributed by atoms with E-state index in [1.165, 1.54) is 6.07 Å². The maximum Gasteiger partial charge on any atom is 0.242 e. The molecule has 0 bridgehead atoms. The minimum Gasteiger partial charge on any atom is -0.208 e. The average molecular weight is 262 g/mol. The van der Waals surface area contributed by atoms with Crippen LogP contribution >= 0.6 is 11.6 Å². The first kappa shape index (κ1) is 13.5. The number of aryl methyl sites for hydroxylation is 1. The van der Waals surface area contributed by atoms with E-state index in [9.17, 15) is 8.42 Å². The SMILES string of the molecule is CCC(C)NS(=O)(=O)c1ccc(C)cc1Cl. The number of sulfonamides is 1. The highest BCUT2D eigenvalue weighted by Gasteiger charge is 2.19. The molecule has 0 heterocycles. The maximum absolute atomic E-state index is 11.9. The van der Waals surface area contributed by atoms with Crippen LogP contribution in [0, 0.1) is 6.92 Å². The van der Waals surface area contributed by atoms with Gasteiger partial charge in [0, 0.05) is 6.04 Å². The predicted molar refractivity (Wildman–Crippen MR) is 66.3 cm³/mol. The molecule has 1 rings (SSSR count). The van der Waals surface area contributed by atoms with Crippen molar-refractivity contribution in [1.82, 2.24) is 4.72 Å². The van der Waals surface area contributed by atoms with Crippen molar-refractivity contribution >= 4 is 21.6 Å². The maximum atomic E-state index is 11.9. The van der Waals surface area contributed by atoms with Crippen molar-refractivity contribution < 1.29 is 8.42 Å². The Kier molecular flexibility index (Phi) is 4.35. The van der Waals surface area contributed by atoms with Gasteiger partial charge in [-0.2, -0.15) is 0 Å². The summed E-state index contributed by atoms with van der Waals surface area (Å²) in [5, 5.41) is 0.260. The van der Waals surface area contributed by atoms with Gasteiger partial charge in [0.15, 0.2) is 0 Å². The molecule has 0 aliphatic rings. The van der Waals surface area contributed by atoms with Crippen molar-refractivity contribution in [1.29, 1.82) is 0 Å². The monoisotopic (exact) mass is 261 g/mol. The number of halogens is 1. The fourth-order valence-electron chi connectivity index (χ4n) is 1.24. The standard InChI is InChI=1S/C11H16ClNO2S/c1-4-9(3)13-16(14,15)11-6-5-8(2)7-10(11)12/h5-7,9,13H,4H2,1-3H3. The molecule has 0 aromatic heterocycles. The summed E-state index contributed by atoms with van der Waals surface area (Å²) in [5.74, 6) is 0. The van der Waals surface area contributed by atoms with Crippen molar-refractivity contribution in [2.75, 3.05) is 0 Å². The molecule has 1 unspecified atom stereocenters. The highest BCUT2D eigenvalue weighted by atomic mass is 35.5. The first-order valence-corrected chi connectivity index (χ1v) is 7.01. The Hall–Kier alpha value is -0.580. The third-order valence-corrected chi connectivity index (χ3v) is 4.42. The molecular weight excluding hydrogens is 246 g/mol. The van der Waals surface area contributed by atoms with Gasteiger partial charge in [-0.05, 0) is 38.0 Å². The molecule has 0 spiro atoms. The summed E-state index contributed by atoms with van der Waals surface area (Å²) in [6.07, 6.45) is 0.739. The third-order valence-electron chi connectivity index (χ3n) is 2.35. The lowest BCUT2D eigenvalue weighted by molar-refractivity contribution is 0.556. The normalized spacial score (nSPS) is 13.8. The molecule has 1 atom stereocenters. The number of rotatable bonds is 4. The topological polar surface area (TPSA) is 46.2 Å². The van der Waals surface area contributed by atoms with Crippen molar-refractivity contribution in [3.63, 3.8) is 0 Å². The second kappa shape index (κ2) is 5.17. The van der Waals surface area contributed by atoms with Crippen LogP contribution in [0.2, 0.25) is 5.02 Å². The van der Waals surface area contributed by atoms with Crippen LogP contribution in [0.15, 0.2) is 23.1 Å². The second-order valence-corrected chi connectivity index (χ2v) is 5.95. The van der Waals surface area contributed by atoms with Gasteiger partial charge >= 0.3 is 0 Å². The van der Waals surface area contributed by atoms with Crippen molar-refractivity contribution in [2.24, 2.45) is 0 Å². The van der Waals surface area contributed by atoms with Crippen LogP contribution in [-0.4, -0.2) is 14.5 Å². The van der Waals surface area contributed by atoms with Crippen LogP contribution in [0.25, 0.3) is 0 Å². The molecule has 1 aromatic carbocycles. The Morgan fingerprint density at radius 3 is 2.56 bits per heavy atom.